The van der Waals surface area contributed by atoms with E-state index in [1.807, 2.05) is 18.2 Å². The number of hydrogen-bond donors (Lipinski definition) is 2. The number of likely N-dealkylation sites (tertiary alicyclic amines) is 1. The molecule has 2 amide bonds. The number of carbonyl (C=O) groups excluding carboxylic acids is 2. The minimum absolute atomic E-state index is 0.0208. The van der Waals surface area contributed by atoms with Crippen LogP contribution in [0.3, 0.4) is 0 Å². The number of anilines is 1. The van der Waals surface area contributed by atoms with Crippen LogP contribution in [-0.4, -0.2) is 51.1 Å². The molecule has 2 aliphatic heterocycles. The van der Waals surface area contributed by atoms with Crippen LogP contribution in [0.15, 0.2) is 18.2 Å². The quantitative estimate of drug-likeness (QED) is 0.805. The first-order valence-corrected chi connectivity index (χ1v) is 10.0. The summed E-state index contributed by atoms with van der Waals surface area (Å²) in [4.78, 5) is 27.9. The molecule has 0 unspecified atom stereocenters. The molecular formula is C21H32N3O3+. The zero-order valence-corrected chi connectivity index (χ0v) is 16.8. The summed E-state index contributed by atoms with van der Waals surface area (Å²) in [5, 5.41) is 2.98. The zero-order chi connectivity index (χ0) is 19.4. The first-order chi connectivity index (χ1) is 12.8. The van der Waals surface area contributed by atoms with Gasteiger partial charge in [-0.3, -0.25) is 14.5 Å². The predicted molar refractivity (Wildman–Crippen MR) is 105 cm³/mol. The molecule has 1 fully saturated rings. The van der Waals surface area contributed by atoms with E-state index in [0.29, 0.717) is 18.0 Å². The lowest BCUT2D eigenvalue weighted by Gasteiger charge is -2.31. The van der Waals surface area contributed by atoms with E-state index in [4.69, 9.17) is 4.74 Å². The maximum Gasteiger partial charge on any atom is 0.265 e. The van der Waals surface area contributed by atoms with Crippen molar-refractivity contribution in [3.05, 3.63) is 23.8 Å². The fourth-order valence-corrected chi connectivity index (χ4v) is 3.72. The van der Waals surface area contributed by atoms with E-state index in [2.05, 4.69) is 26.1 Å². The number of rotatable bonds is 5. The van der Waals surface area contributed by atoms with Crippen molar-refractivity contribution in [2.24, 2.45) is 0 Å². The standard InChI is InChI=1S/C21H31N3O3/c1-21(2,3)16-7-8-18-17(13-16)24(20(26)15-27-18)14-19(25)22-9-12-23-10-5-4-6-11-23/h7-8,13H,4-6,9-12,14-15H2,1-3H3,(H,22,25)/p+1. The first kappa shape index (κ1) is 19.7. The highest BCUT2D eigenvalue weighted by Crippen LogP contribution is 2.36. The van der Waals surface area contributed by atoms with E-state index in [1.54, 1.807) is 9.80 Å². The molecular weight excluding hydrogens is 342 g/mol. The third-order valence-corrected chi connectivity index (χ3v) is 5.43. The Morgan fingerprint density at radius 2 is 1.96 bits per heavy atom. The number of nitrogens with one attached hydrogen (secondary N) is 2. The number of quaternary nitrogens is 1. The maximum atomic E-state index is 12.4. The molecule has 2 N–H and O–H groups in total. The Balaban J connectivity index is 1.62. The number of carbonyl (C=O) groups is 2. The molecule has 0 spiro atoms. The minimum Gasteiger partial charge on any atom is -0.482 e. The maximum absolute atomic E-state index is 12.4. The van der Waals surface area contributed by atoms with E-state index in [1.165, 1.54) is 32.4 Å². The Labute approximate surface area is 161 Å². The summed E-state index contributed by atoms with van der Waals surface area (Å²) < 4.78 is 5.55. The molecule has 6 nitrogen and oxygen atoms in total. The van der Waals surface area contributed by atoms with Crippen molar-refractivity contribution in [2.75, 3.05) is 44.2 Å². The highest BCUT2D eigenvalue weighted by molar-refractivity contribution is 6.02. The fraction of sp³-hybridized carbons (Fsp3) is 0.619. The molecule has 0 saturated carbocycles. The number of benzene rings is 1. The second-order valence-electron chi connectivity index (χ2n) is 8.61. The summed E-state index contributed by atoms with van der Waals surface area (Å²) in [5.41, 5.74) is 1.76. The molecule has 1 saturated heterocycles. The van der Waals surface area contributed by atoms with Gasteiger partial charge in [0.05, 0.1) is 31.9 Å². The Kier molecular flexibility index (Phi) is 6.05. The topological polar surface area (TPSA) is 63.1 Å². The van der Waals surface area contributed by atoms with E-state index < -0.39 is 0 Å². The Bertz CT molecular complexity index is 690. The average Bonchev–Trinajstić information content (AvgIpc) is 2.64. The lowest BCUT2D eigenvalue weighted by Crippen LogP contribution is -3.13. The summed E-state index contributed by atoms with van der Waals surface area (Å²) in [7, 11) is 0. The van der Waals surface area contributed by atoms with Gasteiger partial charge in [-0.15, -0.1) is 0 Å². The number of hydrogen-bond acceptors (Lipinski definition) is 3. The summed E-state index contributed by atoms with van der Waals surface area (Å²) >= 11 is 0. The molecule has 0 atom stereocenters. The molecule has 3 rings (SSSR count). The van der Waals surface area contributed by atoms with Gasteiger partial charge in [-0.2, -0.15) is 0 Å². The summed E-state index contributed by atoms with van der Waals surface area (Å²) in [6, 6.07) is 5.89. The highest BCUT2D eigenvalue weighted by atomic mass is 16.5. The molecule has 6 heteroatoms. The van der Waals surface area contributed by atoms with Crippen LogP contribution in [0.5, 0.6) is 5.75 Å². The number of fused-ring (bicyclic) bond motifs is 1. The molecule has 0 aliphatic carbocycles. The van der Waals surface area contributed by atoms with Crippen LogP contribution < -0.4 is 19.9 Å². The minimum atomic E-state index is -0.176. The SMILES string of the molecule is CC(C)(C)c1ccc2c(c1)N(CC(=O)NCC[NH+]1CCCCC1)C(=O)CO2. The van der Waals surface area contributed by atoms with Crippen LogP contribution in [-0.2, 0) is 15.0 Å². The first-order valence-electron chi connectivity index (χ1n) is 10.0. The second-order valence-corrected chi connectivity index (χ2v) is 8.61. The van der Waals surface area contributed by atoms with Crippen LogP contribution in [0.25, 0.3) is 0 Å². The van der Waals surface area contributed by atoms with Crippen molar-refractivity contribution in [1.82, 2.24) is 5.32 Å². The van der Waals surface area contributed by atoms with Gasteiger partial charge in [0.25, 0.3) is 5.91 Å². The zero-order valence-electron chi connectivity index (χ0n) is 16.8. The Hall–Kier alpha value is -2.08. The normalized spacial score (nSPS) is 18.0. The van der Waals surface area contributed by atoms with Gasteiger partial charge >= 0.3 is 0 Å². The van der Waals surface area contributed by atoms with Gasteiger partial charge in [-0.25, -0.2) is 0 Å². The summed E-state index contributed by atoms with van der Waals surface area (Å²) in [5.74, 6) is 0.368. The summed E-state index contributed by atoms with van der Waals surface area (Å²) in [6.07, 6.45) is 3.88. The number of amides is 2. The van der Waals surface area contributed by atoms with Crippen LogP contribution in [0.4, 0.5) is 5.69 Å². The molecule has 0 radical (unpaired) electrons. The van der Waals surface area contributed by atoms with Gasteiger partial charge < -0.3 is 15.0 Å². The van der Waals surface area contributed by atoms with Gasteiger partial charge in [0.1, 0.15) is 12.3 Å². The summed E-state index contributed by atoms with van der Waals surface area (Å²) in [6.45, 7) is 10.4. The average molecular weight is 375 g/mol. The lowest BCUT2D eigenvalue weighted by atomic mass is 9.86. The molecule has 2 aliphatic rings. The third-order valence-electron chi connectivity index (χ3n) is 5.43. The highest BCUT2D eigenvalue weighted by Gasteiger charge is 2.29. The van der Waals surface area contributed by atoms with E-state index >= 15 is 0 Å². The van der Waals surface area contributed by atoms with Crippen molar-refractivity contribution in [3.63, 3.8) is 0 Å². The molecule has 0 bridgehead atoms. The van der Waals surface area contributed by atoms with Crippen molar-refractivity contribution < 1.29 is 19.2 Å². The van der Waals surface area contributed by atoms with E-state index in [9.17, 15) is 9.59 Å². The molecule has 27 heavy (non-hydrogen) atoms. The lowest BCUT2D eigenvalue weighted by molar-refractivity contribution is -0.903. The van der Waals surface area contributed by atoms with E-state index in [0.717, 1.165) is 12.1 Å². The Morgan fingerprint density at radius 1 is 1.22 bits per heavy atom. The van der Waals surface area contributed by atoms with Crippen LogP contribution >= 0.6 is 0 Å². The van der Waals surface area contributed by atoms with Crippen LogP contribution in [0.1, 0.15) is 45.6 Å². The number of nitrogens with zero attached hydrogens (tertiary/aromatic N) is 1. The van der Waals surface area contributed by atoms with Crippen molar-refractivity contribution >= 4 is 17.5 Å². The molecule has 2 heterocycles. The van der Waals surface area contributed by atoms with Crippen LogP contribution in [0.2, 0.25) is 0 Å². The molecule has 0 aromatic heterocycles. The molecule has 1 aromatic rings. The third kappa shape index (κ3) is 5.01. The monoisotopic (exact) mass is 374 g/mol. The largest absolute Gasteiger partial charge is 0.482 e. The number of piperidine rings is 1. The van der Waals surface area contributed by atoms with Crippen molar-refractivity contribution in [1.29, 1.82) is 0 Å². The van der Waals surface area contributed by atoms with Crippen molar-refractivity contribution in [3.8, 4) is 5.75 Å². The van der Waals surface area contributed by atoms with Crippen molar-refractivity contribution in [2.45, 2.75) is 45.4 Å². The van der Waals surface area contributed by atoms with E-state index in [-0.39, 0.29) is 30.4 Å². The van der Waals surface area contributed by atoms with Gasteiger partial charge in [-0.1, -0.05) is 26.8 Å². The van der Waals surface area contributed by atoms with Crippen LogP contribution in [0, 0.1) is 0 Å². The van der Waals surface area contributed by atoms with Gasteiger partial charge in [0, 0.05) is 0 Å². The molecule has 148 valence electrons. The number of ether oxygens (including phenoxy) is 1. The smallest absolute Gasteiger partial charge is 0.265 e. The predicted octanol–water partition coefficient (Wildman–Crippen LogP) is 0.895. The Morgan fingerprint density at radius 3 is 2.67 bits per heavy atom. The second kappa shape index (κ2) is 8.30. The van der Waals surface area contributed by atoms with Gasteiger partial charge in [0.2, 0.25) is 5.91 Å². The fourth-order valence-electron chi connectivity index (χ4n) is 3.72. The van der Waals surface area contributed by atoms with Gasteiger partial charge in [-0.05, 0) is 42.4 Å². The molecule has 1 aromatic carbocycles. The van der Waals surface area contributed by atoms with Gasteiger partial charge in [0.15, 0.2) is 6.61 Å².